The first-order valence-electron chi connectivity index (χ1n) is 7.77. The van der Waals surface area contributed by atoms with Crippen LogP contribution in [0.1, 0.15) is 70.4 Å². The average molecular weight is 259 g/mol. The molecule has 1 heteroatoms. The van der Waals surface area contributed by atoms with Gasteiger partial charge in [0.2, 0.25) is 0 Å². The molecule has 1 aromatic rings. The molecule has 0 saturated heterocycles. The first-order valence-corrected chi connectivity index (χ1v) is 7.77. The predicted molar refractivity (Wildman–Crippen MR) is 83.5 cm³/mol. The Morgan fingerprint density at radius 2 is 1.47 bits per heavy atom. The van der Waals surface area contributed by atoms with Gasteiger partial charge in [-0.1, -0.05) is 70.7 Å². The Morgan fingerprint density at radius 1 is 0.947 bits per heavy atom. The van der Waals surface area contributed by atoms with Crippen molar-refractivity contribution >= 4 is 0 Å². The maximum Gasteiger partial charge on any atom is 0.0195 e. The molecule has 1 aliphatic carbocycles. The summed E-state index contributed by atoms with van der Waals surface area (Å²) >= 11 is 0. The number of nitrogens with two attached hydrogens (primary N) is 1. The van der Waals surface area contributed by atoms with Crippen molar-refractivity contribution in [2.45, 2.75) is 76.7 Å². The van der Waals surface area contributed by atoms with E-state index in [0.717, 1.165) is 6.42 Å². The van der Waals surface area contributed by atoms with Gasteiger partial charge in [0.15, 0.2) is 0 Å². The SMILES string of the molecule is CC(C)(C)c1ccc(CC2(N)CCCCCC2)cc1. The van der Waals surface area contributed by atoms with Crippen LogP contribution in [0.5, 0.6) is 0 Å². The summed E-state index contributed by atoms with van der Waals surface area (Å²) in [6, 6.07) is 9.10. The third-order valence-corrected chi connectivity index (χ3v) is 4.48. The summed E-state index contributed by atoms with van der Waals surface area (Å²) < 4.78 is 0. The average Bonchev–Trinajstić information content (AvgIpc) is 2.53. The quantitative estimate of drug-likeness (QED) is 0.773. The van der Waals surface area contributed by atoms with E-state index in [4.69, 9.17) is 5.73 Å². The van der Waals surface area contributed by atoms with Crippen LogP contribution < -0.4 is 5.73 Å². The Kier molecular flexibility index (Phi) is 4.35. The monoisotopic (exact) mass is 259 g/mol. The Morgan fingerprint density at radius 3 is 1.95 bits per heavy atom. The second-order valence-electron chi connectivity index (χ2n) is 7.40. The summed E-state index contributed by atoms with van der Waals surface area (Å²) in [6.07, 6.45) is 8.75. The van der Waals surface area contributed by atoms with E-state index in [1.165, 1.54) is 49.7 Å². The molecular formula is C18H29N. The van der Waals surface area contributed by atoms with Gasteiger partial charge in [0.1, 0.15) is 0 Å². The lowest BCUT2D eigenvalue weighted by atomic mass is 9.83. The third kappa shape index (κ3) is 4.07. The van der Waals surface area contributed by atoms with Gasteiger partial charge in [0.05, 0.1) is 0 Å². The molecule has 1 nitrogen and oxygen atoms in total. The van der Waals surface area contributed by atoms with Gasteiger partial charge in [0, 0.05) is 5.54 Å². The van der Waals surface area contributed by atoms with E-state index in [9.17, 15) is 0 Å². The van der Waals surface area contributed by atoms with Crippen LogP contribution in [0.25, 0.3) is 0 Å². The second kappa shape index (κ2) is 5.66. The van der Waals surface area contributed by atoms with Crippen LogP contribution >= 0.6 is 0 Å². The van der Waals surface area contributed by atoms with Crippen LogP contribution in [0.15, 0.2) is 24.3 Å². The van der Waals surface area contributed by atoms with Crippen molar-refractivity contribution in [2.75, 3.05) is 0 Å². The lowest BCUT2D eigenvalue weighted by Gasteiger charge is -2.28. The molecular weight excluding hydrogens is 230 g/mol. The molecule has 0 bridgehead atoms. The summed E-state index contributed by atoms with van der Waals surface area (Å²) in [5, 5.41) is 0. The minimum absolute atomic E-state index is 0.0414. The van der Waals surface area contributed by atoms with E-state index in [1.54, 1.807) is 0 Å². The van der Waals surface area contributed by atoms with Gasteiger partial charge in [-0.2, -0.15) is 0 Å². The topological polar surface area (TPSA) is 26.0 Å². The molecule has 0 aromatic heterocycles. The largest absolute Gasteiger partial charge is 0.325 e. The van der Waals surface area contributed by atoms with E-state index in [1.807, 2.05) is 0 Å². The fourth-order valence-corrected chi connectivity index (χ4v) is 3.14. The summed E-state index contributed by atoms with van der Waals surface area (Å²) in [5.41, 5.74) is 9.70. The summed E-state index contributed by atoms with van der Waals surface area (Å²) in [6.45, 7) is 6.78. The zero-order valence-corrected chi connectivity index (χ0v) is 12.8. The van der Waals surface area contributed by atoms with Crippen LogP contribution in [-0.4, -0.2) is 5.54 Å². The molecule has 0 amide bonds. The summed E-state index contributed by atoms with van der Waals surface area (Å²) in [5.74, 6) is 0. The molecule has 1 fully saturated rings. The first-order chi connectivity index (χ1) is 8.89. The molecule has 2 N–H and O–H groups in total. The number of benzene rings is 1. The van der Waals surface area contributed by atoms with Gasteiger partial charge in [-0.05, 0) is 35.8 Å². The van der Waals surface area contributed by atoms with Crippen LogP contribution in [0.4, 0.5) is 0 Å². The van der Waals surface area contributed by atoms with Gasteiger partial charge in [-0.3, -0.25) is 0 Å². The third-order valence-electron chi connectivity index (χ3n) is 4.48. The van der Waals surface area contributed by atoms with Crippen molar-refractivity contribution in [1.82, 2.24) is 0 Å². The highest BCUT2D eigenvalue weighted by molar-refractivity contribution is 5.28. The molecule has 2 rings (SSSR count). The van der Waals surface area contributed by atoms with Gasteiger partial charge >= 0.3 is 0 Å². The maximum absolute atomic E-state index is 6.61. The second-order valence-corrected chi connectivity index (χ2v) is 7.40. The fraction of sp³-hybridized carbons (Fsp3) is 0.667. The normalized spacial score (nSPS) is 20.0. The highest BCUT2D eigenvalue weighted by atomic mass is 14.7. The molecule has 0 atom stereocenters. The zero-order chi connectivity index (χ0) is 13.9. The van der Waals surface area contributed by atoms with Gasteiger partial charge < -0.3 is 5.73 Å². The molecule has 1 aromatic carbocycles. The van der Waals surface area contributed by atoms with Gasteiger partial charge in [0.25, 0.3) is 0 Å². The van der Waals surface area contributed by atoms with E-state index in [2.05, 4.69) is 45.0 Å². The van der Waals surface area contributed by atoms with Crippen molar-refractivity contribution < 1.29 is 0 Å². The van der Waals surface area contributed by atoms with E-state index in [-0.39, 0.29) is 11.0 Å². The van der Waals surface area contributed by atoms with Crippen LogP contribution in [0, 0.1) is 0 Å². The molecule has 0 spiro atoms. The zero-order valence-electron chi connectivity index (χ0n) is 12.8. The molecule has 1 aliphatic rings. The molecule has 0 unspecified atom stereocenters. The van der Waals surface area contributed by atoms with Gasteiger partial charge in [-0.15, -0.1) is 0 Å². The Labute approximate surface area is 118 Å². The Balaban J connectivity index is 2.06. The first kappa shape index (κ1) is 14.6. The standard InChI is InChI=1S/C18H29N/c1-17(2,3)16-10-8-15(9-11-16)14-18(19)12-6-4-5-7-13-18/h8-11H,4-7,12-14,19H2,1-3H3. The van der Waals surface area contributed by atoms with Crippen molar-refractivity contribution in [3.8, 4) is 0 Å². The van der Waals surface area contributed by atoms with Crippen LogP contribution in [0.3, 0.4) is 0 Å². The maximum atomic E-state index is 6.61. The van der Waals surface area contributed by atoms with E-state index in [0.29, 0.717) is 0 Å². The lowest BCUT2D eigenvalue weighted by molar-refractivity contribution is 0.369. The van der Waals surface area contributed by atoms with Gasteiger partial charge in [-0.25, -0.2) is 0 Å². The van der Waals surface area contributed by atoms with E-state index >= 15 is 0 Å². The van der Waals surface area contributed by atoms with Crippen molar-refractivity contribution in [1.29, 1.82) is 0 Å². The lowest BCUT2D eigenvalue weighted by Crippen LogP contribution is -2.41. The highest BCUT2D eigenvalue weighted by Gasteiger charge is 2.26. The van der Waals surface area contributed by atoms with Crippen molar-refractivity contribution in [2.24, 2.45) is 5.73 Å². The molecule has 1 saturated carbocycles. The van der Waals surface area contributed by atoms with Crippen molar-refractivity contribution in [3.63, 3.8) is 0 Å². The summed E-state index contributed by atoms with van der Waals surface area (Å²) in [7, 11) is 0. The van der Waals surface area contributed by atoms with Crippen LogP contribution in [0.2, 0.25) is 0 Å². The number of hydrogen-bond donors (Lipinski definition) is 1. The molecule has 0 heterocycles. The number of rotatable bonds is 2. The molecule has 0 aliphatic heterocycles. The van der Waals surface area contributed by atoms with Crippen molar-refractivity contribution in [3.05, 3.63) is 35.4 Å². The molecule has 106 valence electrons. The van der Waals surface area contributed by atoms with E-state index < -0.39 is 0 Å². The highest BCUT2D eigenvalue weighted by Crippen LogP contribution is 2.29. The minimum Gasteiger partial charge on any atom is -0.325 e. The predicted octanol–water partition coefficient (Wildman–Crippen LogP) is 4.58. The Hall–Kier alpha value is -0.820. The number of hydrogen-bond acceptors (Lipinski definition) is 1. The van der Waals surface area contributed by atoms with Crippen LogP contribution in [-0.2, 0) is 11.8 Å². The molecule has 19 heavy (non-hydrogen) atoms. The summed E-state index contributed by atoms with van der Waals surface area (Å²) in [4.78, 5) is 0. The minimum atomic E-state index is 0.0414. The Bertz CT molecular complexity index is 389. The smallest absolute Gasteiger partial charge is 0.0195 e. The fourth-order valence-electron chi connectivity index (χ4n) is 3.14. The molecule has 0 radical (unpaired) electrons.